The Labute approximate surface area is 129 Å². The van der Waals surface area contributed by atoms with Gasteiger partial charge in [-0.2, -0.15) is 0 Å². The summed E-state index contributed by atoms with van der Waals surface area (Å²) in [6.07, 6.45) is -0.184. The Morgan fingerprint density at radius 3 is 0.905 bits per heavy atom. The minimum absolute atomic E-state index is 0.0459. The van der Waals surface area contributed by atoms with Gasteiger partial charge < -0.3 is 0 Å². The molecular weight excluding hydrogens is 391 g/mol. The zero-order chi connectivity index (χ0) is 16.5. The van der Waals surface area contributed by atoms with E-state index in [9.17, 15) is 19.2 Å². The predicted octanol–water partition coefficient (Wildman–Crippen LogP) is 1.23. The molecule has 0 bridgehead atoms. The molecule has 0 aromatic carbocycles. The van der Waals surface area contributed by atoms with Crippen molar-refractivity contribution in [3.63, 3.8) is 0 Å². The van der Waals surface area contributed by atoms with Crippen molar-refractivity contribution in [3.05, 3.63) is 0 Å². The molecule has 0 aromatic rings. The van der Waals surface area contributed by atoms with Crippen LogP contribution in [0.15, 0.2) is 0 Å². The van der Waals surface area contributed by atoms with Gasteiger partial charge in [0.25, 0.3) is 0 Å². The Kier molecular flexibility index (Phi) is 8.98. The number of hydrogen-bond donors (Lipinski definition) is 0. The molecule has 0 spiro atoms. The van der Waals surface area contributed by atoms with Crippen molar-refractivity contribution in [1.82, 2.24) is 0 Å². The van der Waals surface area contributed by atoms with Gasteiger partial charge in [0.1, 0.15) is 0 Å². The van der Waals surface area contributed by atoms with E-state index in [1.807, 2.05) is 0 Å². The molecule has 8 nitrogen and oxygen atoms in total. The van der Waals surface area contributed by atoms with Gasteiger partial charge >= 0.3 is 129 Å². The van der Waals surface area contributed by atoms with Crippen molar-refractivity contribution in [2.24, 2.45) is 0 Å². The average molecular weight is 411 g/mol. The normalized spacial score (nSPS) is 10.5. The zero-order valence-corrected chi connectivity index (χ0v) is 15.4. The Hall–Kier alpha value is -1.32. The fraction of sp³-hybridized carbons (Fsp3) is 0.667. The van der Waals surface area contributed by atoms with Crippen molar-refractivity contribution in [1.29, 1.82) is 0 Å². The first-order valence-electron chi connectivity index (χ1n) is 6.69. The first kappa shape index (κ1) is 19.7. The van der Waals surface area contributed by atoms with Gasteiger partial charge in [-0.3, -0.25) is 0 Å². The molecule has 0 atom stereocenters. The van der Waals surface area contributed by atoms with Crippen LogP contribution in [0.1, 0.15) is 53.4 Å². The first-order chi connectivity index (χ1) is 9.82. The SMILES string of the molecule is CCC(=O)[O][Sn]([O]C(=O)CC)([O]C(=O)CC)[O]C(=O)CC. The van der Waals surface area contributed by atoms with Crippen LogP contribution in [0.4, 0.5) is 0 Å². The average Bonchev–Trinajstić information content (AvgIpc) is 2.46. The second-order valence-corrected chi connectivity index (χ2v) is 8.99. The topological polar surface area (TPSA) is 105 Å². The van der Waals surface area contributed by atoms with Gasteiger partial charge in [-0.15, -0.1) is 0 Å². The fourth-order valence-electron chi connectivity index (χ4n) is 0.971. The molecule has 21 heavy (non-hydrogen) atoms. The maximum atomic E-state index is 11.5. The first-order valence-corrected chi connectivity index (χ1v) is 11.4. The van der Waals surface area contributed by atoms with Crippen LogP contribution < -0.4 is 0 Å². The third kappa shape index (κ3) is 7.30. The molecule has 0 unspecified atom stereocenters. The molecule has 0 aliphatic carbocycles. The molecule has 0 saturated carbocycles. The molecule has 0 radical (unpaired) electrons. The van der Waals surface area contributed by atoms with Crippen LogP contribution in [0.2, 0.25) is 0 Å². The van der Waals surface area contributed by atoms with Gasteiger partial charge in [-0.25, -0.2) is 0 Å². The van der Waals surface area contributed by atoms with Crippen LogP contribution in [0, 0.1) is 0 Å². The Balaban J connectivity index is 5.43. The van der Waals surface area contributed by atoms with Crippen LogP contribution in [0.3, 0.4) is 0 Å². The standard InChI is InChI=1S/4C3H6O2.Sn/c4*1-2-3(4)5;/h4*2H2,1H3,(H,4,5);/q;;;;+4/p-4. The van der Waals surface area contributed by atoms with Crippen LogP contribution in [-0.4, -0.2) is 43.9 Å². The third-order valence-corrected chi connectivity index (χ3v) is 7.56. The van der Waals surface area contributed by atoms with E-state index in [4.69, 9.17) is 12.3 Å². The summed E-state index contributed by atoms with van der Waals surface area (Å²) in [7, 11) is 0. The summed E-state index contributed by atoms with van der Waals surface area (Å²) in [5.41, 5.74) is 0. The van der Waals surface area contributed by atoms with E-state index in [2.05, 4.69) is 0 Å². The van der Waals surface area contributed by atoms with E-state index in [-0.39, 0.29) is 25.7 Å². The van der Waals surface area contributed by atoms with Gasteiger partial charge in [0.15, 0.2) is 0 Å². The van der Waals surface area contributed by atoms with Crippen molar-refractivity contribution < 1.29 is 31.5 Å². The van der Waals surface area contributed by atoms with Gasteiger partial charge in [-0.1, -0.05) is 0 Å². The summed E-state index contributed by atoms with van der Waals surface area (Å²) in [4.78, 5) is 46.0. The van der Waals surface area contributed by atoms with E-state index in [0.717, 1.165) is 0 Å². The molecule has 0 N–H and O–H groups in total. The van der Waals surface area contributed by atoms with E-state index in [0.29, 0.717) is 0 Å². The van der Waals surface area contributed by atoms with Crippen molar-refractivity contribution in [3.8, 4) is 0 Å². The number of hydrogen-bond acceptors (Lipinski definition) is 8. The van der Waals surface area contributed by atoms with E-state index >= 15 is 0 Å². The third-order valence-electron chi connectivity index (χ3n) is 2.11. The van der Waals surface area contributed by atoms with Crippen LogP contribution in [0.25, 0.3) is 0 Å². The Bertz CT molecular complexity index is 329. The number of carbonyl (C=O) groups is 4. The second-order valence-electron chi connectivity index (χ2n) is 3.81. The van der Waals surface area contributed by atoms with Gasteiger partial charge in [0.2, 0.25) is 0 Å². The maximum absolute atomic E-state index is 11.5. The molecule has 0 amide bonds. The molecule has 9 heteroatoms. The summed E-state index contributed by atoms with van der Waals surface area (Å²) in [5.74, 6) is -3.10. The zero-order valence-electron chi connectivity index (χ0n) is 12.6. The molecular formula is C12H20O8Sn. The molecule has 0 saturated heterocycles. The van der Waals surface area contributed by atoms with Crippen molar-refractivity contribution in [2.75, 3.05) is 0 Å². The van der Waals surface area contributed by atoms with E-state index in [1.165, 1.54) is 27.7 Å². The quantitative estimate of drug-likeness (QED) is 0.550. The van der Waals surface area contributed by atoms with Crippen molar-refractivity contribution >= 4 is 43.9 Å². The van der Waals surface area contributed by atoms with E-state index < -0.39 is 43.9 Å². The Morgan fingerprint density at radius 1 is 0.571 bits per heavy atom. The summed E-state index contributed by atoms with van der Waals surface area (Å²) in [6.45, 7) is 6.02. The van der Waals surface area contributed by atoms with Gasteiger partial charge in [0, 0.05) is 0 Å². The van der Waals surface area contributed by atoms with Gasteiger partial charge in [0.05, 0.1) is 0 Å². The molecule has 0 aromatic heterocycles. The fourth-order valence-corrected chi connectivity index (χ4v) is 6.52. The van der Waals surface area contributed by atoms with E-state index in [1.54, 1.807) is 0 Å². The molecule has 0 heterocycles. The Morgan fingerprint density at radius 2 is 0.762 bits per heavy atom. The monoisotopic (exact) mass is 412 g/mol. The van der Waals surface area contributed by atoms with Gasteiger partial charge in [-0.05, 0) is 0 Å². The summed E-state index contributed by atoms with van der Waals surface area (Å²) < 4.78 is 19.8. The molecule has 0 fully saturated rings. The summed E-state index contributed by atoms with van der Waals surface area (Å²) in [5, 5.41) is 0. The molecule has 0 aliphatic heterocycles. The molecule has 120 valence electrons. The van der Waals surface area contributed by atoms with Crippen LogP contribution >= 0.6 is 0 Å². The summed E-state index contributed by atoms with van der Waals surface area (Å²) >= 11 is -5.41. The number of rotatable bonds is 8. The summed E-state index contributed by atoms with van der Waals surface area (Å²) in [6, 6.07) is 0. The predicted molar refractivity (Wildman–Crippen MR) is 71.3 cm³/mol. The van der Waals surface area contributed by atoms with Crippen LogP contribution in [0.5, 0.6) is 0 Å². The second kappa shape index (κ2) is 9.59. The molecule has 0 rings (SSSR count). The minimum atomic E-state index is -5.41. The molecule has 0 aliphatic rings. The number of carbonyl (C=O) groups excluding carboxylic acids is 4. The van der Waals surface area contributed by atoms with Crippen LogP contribution in [-0.2, 0) is 31.5 Å². The van der Waals surface area contributed by atoms with Crippen molar-refractivity contribution in [2.45, 2.75) is 53.4 Å².